The zero-order valence-corrected chi connectivity index (χ0v) is 12.1. The highest BCUT2D eigenvalue weighted by Crippen LogP contribution is 2.16. The highest BCUT2D eigenvalue weighted by Gasteiger charge is 2.15. The van der Waals surface area contributed by atoms with E-state index in [9.17, 15) is 14.0 Å². The molecule has 1 N–H and O–H groups in total. The van der Waals surface area contributed by atoms with Gasteiger partial charge in [0.15, 0.2) is 6.61 Å². The van der Waals surface area contributed by atoms with Crippen LogP contribution in [-0.4, -0.2) is 25.0 Å². The third-order valence-electron chi connectivity index (χ3n) is 2.34. The summed E-state index contributed by atoms with van der Waals surface area (Å²) in [5, 5.41) is 2.60. The fourth-order valence-electron chi connectivity index (χ4n) is 1.32. The van der Waals surface area contributed by atoms with E-state index in [1.165, 1.54) is 12.1 Å². The van der Waals surface area contributed by atoms with Crippen LogP contribution in [0.3, 0.4) is 0 Å². The molecule has 0 saturated carbocycles. The van der Waals surface area contributed by atoms with Gasteiger partial charge in [-0.15, -0.1) is 0 Å². The second-order valence-corrected chi connectivity index (χ2v) is 4.82. The number of halogens is 2. The van der Waals surface area contributed by atoms with Gasteiger partial charge in [-0.2, -0.15) is 0 Å². The van der Waals surface area contributed by atoms with Gasteiger partial charge in [0, 0.05) is 11.0 Å². The summed E-state index contributed by atoms with van der Waals surface area (Å²) in [4.78, 5) is 22.9. The molecule has 0 radical (unpaired) electrons. The lowest BCUT2D eigenvalue weighted by Crippen LogP contribution is -2.29. The first-order chi connectivity index (χ1) is 9.04. The monoisotopic (exact) mass is 331 g/mol. The van der Waals surface area contributed by atoms with E-state index in [4.69, 9.17) is 4.74 Å². The average Bonchev–Trinajstić information content (AvgIpc) is 2.39. The number of ether oxygens (including phenoxy) is 1. The number of hydrogen-bond acceptors (Lipinski definition) is 3. The minimum Gasteiger partial charge on any atom is -0.452 e. The van der Waals surface area contributed by atoms with Crippen LogP contribution >= 0.6 is 15.9 Å². The predicted molar refractivity (Wildman–Crippen MR) is 72.3 cm³/mol. The van der Waals surface area contributed by atoms with E-state index >= 15 is 0 Å². The van der Waals surface area contributed by atoms with Crippen LogP contribution in [0.25, 0.3) is 0 Å². The fourth-order valence-corrected chi connectivity index (χ4v) is 1.68. The van der Waals surface area contributed by atoms with Gasteiger partial charge in [-0.05, 0) is 24.6 Å². The number of nitrogens with one attached hydrogen (secondary N) is 1. The molecule has 0 heterocycles. The minimum atomic E-state index is -0.857. The van der Waals surface area contributed by atoms with E-state index in [0.29, 0.717) is 11.0 Å². The molecule has 0 saturated heterocycles. The van der Waals surface area contributed by atoms with Crippen molar-refractivity contribution in [2.75, 3.05) is 13.2 Å². The van der Waals surface area contributed by atoms with E-state index in [0.717, 1.165) is 18.9 Å². The molecular weight excluding hydrogens is 317 g/mol. The molecule has 0 aliphatic carbocycles. The Morgan fingerprint density at radius 1 is 1.42 bits per heavy atom. The topological polar surface area (TPSA) is 55.4 Å². The number of esters is 1. The molecule has 1 aromatic rings. The summed E-state index contributed by atoms with van der Waals surface area (Å²) in [5.41, 5.74) is -0.198. The van der Waals surface area contributed by atoms with Gasteiger partial charge in [0.2, 0.25) is 0 Å². The van der Waals surface area contributed by atoms with Crippen molar-refractivity contribution in [2.24, 2.45) is 0 Å². The van der Waals surface area contributed by atoms with Crippen molar-refractivity contribution >= 4 is 27.8 Å². The first kappa shape index (κ1) is 15.6. The van der Waals surface area contributed by atoms with E-state index in [-0.39, 0.29) is 5.56 Å². The molecule has 0 atom stereocenters. The Bertz CT molecular complexity index is 465. The van der Waals surface area contributed by atoms with E-state index < -0.39 is 24.3 Å². The third-order valence-corrected chi connectivity index (χ3v) is 2.83. The third kappa shape index (κ3) is 5.38. The number of benzene rings is 1. The van der Waals surface area contributed by atoms with E-state index in [1.54, 1.807) is 0 Å². The molecule has 0 aliphatic rings. The van der Waals surface area contributed by atoms with Gasteiger partial charge in [0.25, 0.3) is 5.91 Å². The van der Waals surface area contributed by atoms with Crippen molar-refractivity contribution in [1.29, 1.82) is 0 Å². The van der Waals surface area contributed by atoms with Gasteiger partial charge in [-0.3, -0.25) is 4.79 Å². The lowest BCUT2D eigenvalue weighted by Gasteiger charge is -2.07. The van der Waals surface area contributed by atoms with Crippen molar-refractivity contribution < 1.29 is 18.7 Å². The minimum absolute atomic E-state index is 0.198. The molecule has 0 fully saturated rings. The first-order valence-electron chi connectivity index (χ1n) is 5.93. The Kier molecular flexibility index (Phi) is 6.49. The molecule has 0 aliphatic heterocycles. The number of carbonyl (C=O) groups is 2. The lowest BCUT2D eigenvalue weighted by molar-refractivity contribution is -0.124. The quantitative estimate of drug-likeness (QED) is 0.644. The van der Waals surface area contributed by atoms with Crippen LogP contribution in [0.15, 0.2) is 22.7 Å². The average molecular weight is 332 g/mol. The maximum Gasteiger partial charge on any atom is 0.341 e. The second-order valence-electron chi connectivity index (χ2n) is 3.90. The number of amides is 1. The molecule has 1 rings (SSSR count). The Morgan fingerprint density at radius 2 is 2.16 bits per heavy atom. The smallest absolute Gasteiger partial charge is 0.341 e. The summed E-state index contributed by atoms with van der Waals surface area (Å²) < 4.78 is 18.7. The van der Waals surface area contributed by atoms with Gasteiger partial charge in [0.05, 0.1) is 5.56 Å². The van der Waals surface area contributed by atoms with Crippen LogP contribution in [0.5, 0.6) is 0 Å². The van der Waals surface area contributed by atoms with Gasteiger partial charge in [-0.25, -0.2) is 9.18 Å². The molecule has 6 heteroatoms. The van der Waals surface area contributed by atoms with Gasteiger partial charge in [-0.1, -0.05) is 29.3 Å². The molecule has 104 valence electrons. The van der Waals surface area contributed by atoms with Crippen molar-refractivity contribution in [3.8, 4) is 0 Å². The van der Waals surface area contributed by atoms with Crippen molar-refractivity contribution in [2.45, 2.75) is 19.8 Å². The zero-order chi connectivity index (χ0) is 14.3. The highest BCUT2D eigenvalue weighted by atomic mass is 79.9. The molecule has 19 heavy (non-hydrogen) atoms. The Morgan fingerprint density at radius 3 is 2.84 bits per heavy atom. The summed E-state index contributed by atoms with van der Waals surface area (Å²) >= 11 is 3.13. The first-order valence-corrected chi connectivity index (χ1v) is 6.72. The van der Waals surface area contributed by atoms with Gasteiger partial charge in [0.1, 0.15) is 5.82 Å². The van der Waals surface area contributed by atoms with Crippen LogP contribution in [0, 0.1) is 5.82 Å². The standard InChI is InChI=1S/C13H15BrFNO3/c1-2-3-6-16-12(17)8-19-13(18)10-7-9(14)4-5-11(10)15/h4-5,7H,2-3,6,8H2,1H3,(H,16,17). The molecule has 1 aromatic carbocycles. The summed E-state index contributed by atoms with van der Waals surface area (Å²) in [6.45, 7) is 2.13. The normalized spacial score (nSPS) is 10.1. The fraction of sp³-hybridized carbons (Fsp3) is 0.385. The second kappa shape index (κ2) is 7.89. The lowest BCUT2D eigenvalue weighted by atomic mass is 10.2. The van der Waals surface area contributed by atoms with Crippen LogP contribution in [0.2, 0.25) is 0 Å². The highest BCUT2D eigenvalue weighted by molar-refractivity contribution is 9.10. The van der Waals surface area contributed by atoms with E-state index in [2.05, 4.69) is 21.2 Å². The molecule has 0 bridgehead atoms. The number of carbonyl (C=O) groups excluding carboxylic acids is 2. The molecular formula is C13H15BrFNO3. The molecule has 1 amide bonds. The van der Waals surface area contributed by atoms with Crippen molar-refractivity contribution in [3.63, 3.8) is 0 Å². The summed E-state index contributed by atoms with van der Waals surface area (Å²) in [6, 6.07) is 3.94. The Hall–Kier alpha value is -1.43. The molecule has 4 nitrogen and oxygen atoms in total. The SMILES string of the molecule is CCCCNC(=O)COC(=O)c1cc(Br)ccc1F. The summed E-state index contributed by atoms with van der Waals surface area (Å²) in [7, 11) is 0. The largest absolute Gasteiger partial charge is 0.452 e. The van der Waals surface area contributed by atoms with Crippen LogP contribution in [0.1, 0.15) is 30.1 Å². The number of rotatable bonds is 6. The summed E-state index contributed by atoms with van der Waals surface area (Å²) in [6.07, 6.45) is 1.82. The van der Waals surface area contributed by atoms with Crippen molar-refractivity contribution in [3.05, 3.63) is 34.1 Å². The van der Waals surface area contributed by atoms with Crippen LogP contribution in [-0.2, 0) is 9.53 Å². The summed E-state index contributed by atoms with van der Waals surface area (Å²) in [5.74, 6) is -1.93. The van der Waals surface area contributed by atoms with E-state index in [1.807, 2.05) is 6.92 Å². The van der Waals surface area contributed by atoms with Crippen LogP contribution in [0.4, 0.5) is 4.39 Å². The molecule has 0 aromatic heterocycles. The predicted octanol–water partition coefficient (Wildman–Crippen LogP) is 2.66. The van der Waals surface area contributed by atoms with Gasteiger partial charge >= 0.3 is 5.97 Å². The molecule has 0 unspecified atom stereocenters. The van der Waals surface area contributed by atoms with Crippen LogP contribution < -0.4 is 5.32 Å². The Balaban J connectivity index is 2.47. The molecule has 0 spiro atoms. The van der Waals surface area contributed by atoms with Crippen molar-refractivity contribution in [1.82, 2.24) is 5.32 Å². The maximum atomic E-state index is 13.4. The zero-order valence-electron chi connectivity index (χ0n) is 10.5. The number of unbranched alkanes of at least 4 members (excludes halogenated alkanes) is 1. The maximum absolute atomic E-state index is 13.4. The Labute approximate surface area is 119 Å². The number of hydrogen-bond donors (Lipinski definition) is 1. The van der Waals surface area contributed by atoms with Gasteiger partial charge < -0.3 is 10.1 Å².